The Labute approximate surface area is 114 Å². The van der Waals surface area contributed by atoms with Crippen LogP contribution in [0.15, 0.2) is 9.42 Å². The first-order valence-corrected chi connectivity index (χ1v) is 8.04. The van der Waals surface area contributed by atoms with Gasteiger partial charge >= 0.3 is 0 Å². The fraction of sp³-hybridized carbons (Fsp3) is 0.750. The van der Waals surface area contributed by atoms with Crippen LogP contribution in [-0.4, -0.2) is 37.5 Å². The SMILES string of the molecule is Cc1noc(C)c1S(=O)(=O)N1CCC(CCN)CC1. The zero-order valence-corrected chi connectivity index (χ0v) is 12.2. The number of nitrogens with two attached hydrogens (primary N) is 1. The number of hydrogen-bond donors (Lipinski definition) is 1. The van der Waals surface area contributed by atoms with Crippen LogP contribution >= 0.6 is 0 Å². The molecular weight excluding hydrogens is 266 g/mol. The zero-order valence-electron chi connectivity index (χ0n) is 11.4. The van der Waals surface area contributed by atoms with Crippen LogP contribution in [0.2, 0.25) is 0 Å². The van der Waals surface area contributed by atoms with Crippen molar-refractivity contribution in [1.82, 2.24) is 9.46 Å². The smallest absolute Gasteiger partial charge is 0.248 e. The average molecular weight is 287 g/mol. The summed E-state index contributed by atoms with van der Waals surface area (Å²) < 4.78 is 31.6. The van der Waals surface area contributed by atoms with Gasteiger partial charge in [0.2, 0.25) is 10.0 Å². The number of aromatic nitrogens is 1. The number of aryl methyl sites for hydroxylation is 2. The van der Waals surface area contributed by atoms with E-state index in [-0.39, 0.29) is 4.90 Å². The van der Waals surface area contributed by atoms with Crippen LogP contribution in [-0.2, 0) is 10.0 Å². The van der Waals surface area contributed by atoms with E-state index in [0.717, 1.165) is 19.3 Å². The lowest BCUT2D eigenvalue weighted by Crippen LogP contribution is -2.39. The van der Waals surface area contributed by atoms with Crippen molar-refractivity contribution in [2.45, 2.75) is 38.0 Å². The fourth-order valence-corrected chi connectivity index (χ4v) is 4.41. The highest BCUT2D eigenvalue weighted by Crippen LogP contribution is 2.28. The minimum absolute atomic E-state index is 0.227. The van der Waals surface area contributed by atoms with Crippen molar-refractivity contribution < 1.29 is 12.9 Å². The van der Waals surface area contributed by atoms with Crippen LogP contribution in [0.25, 0.3) is 0 Å². The highest BCUT2D eigenvalue weighted by Gasteiger charge is 2.33. The van der Waals surface area contributed by atoms with Gasteiger partial charge in [0, 0.05) is 13.1 Å². The lowest BCUT2D eigenvalue weighted by atomic mass is 9.95. The number of sulfonamides is 1. The summed E-state index contributed by atoms with van der Waals surface area (Å²) in [6.45, 7) is 5.06. The molecule has 1 aliphatic heterocycles. The van der Waals surface area contributed by atoms with Gasteiger partial charge in [-0.1, -0.05) is 5.16 Å². The number of rotatable bonds is 4. The highest BCUT2D eigenvalue weighted by atomic mass is 32.2. The van der Waals surface area contributed by atoms with E-state index in [1.165, 1.54) is 4.31 Å². The van der Waals surface area contributed by atoms with Crippen LogP contribution in [0.3, 0.4) is 0 Å². The van der Waals surface area contributed by atoms with E-state index >= 15 is 0 Å². The van der Waals surface area contributed by atoms with Crippen molar-refractivity contribution in [3.8, 4) is 0 Å². The first-order chi connectivity index (χ1) is 8.96. The molecule has 2 heterocycles. The maximum atomic E-state index is 12.6. The predicted molar refractivity (Wildman–Crippen MR) is 71.1 cm³/mol. The molecule has 6 nitrogen and oxygen atoms in total. The molecule has 2 N–H and O–H groups in total. The number of nitrogens with zero attached hydrogens (tertiary/aromatic N) is 2. The normalized spacial score (nSPS) is 18.9. The van der Waals surface area contributed by atoms with Crippen molar-refractivity contribution in [2.24, 2.45) is 11.7 Å². The maximum absolute atomic E-state index is 12.6. The predicted octanol–water partition coefficient (Wildman–Crippen LogP) is 1.04. The molecule has 1 aromatic heterocycles. The molecule has 19 heavy (non-hydrogen) atoms. The largest absolute Gasteiger partial charge is 0.360 e. The third-order valence-electron chi connectivity index (χ3n) is 3.71. The Morgan fingerprint density at radius 3 is 2.47 bits per heavy atom. The van der Waals surface area contributed by atoms with Crippen molar-refractivity contribution in [3.63, 3.8) is 0 Å². The fourth-order valence-electron chi connectivity index (χ4n) is 2.65. The number of piperidine rings is 1. The quantitative estimate of drug-likeness (QED) is 0.893. The maximum Gasteiger partial charge on any atom is 0.248 e. The van der Waals surface area contributed by atoms with Crippen LogP contribution in [0.5, 0.6) is 0 Å². The molecule has 1 aromatic rings. The third kappa shape index (κ3) is 2.82. The minimum atomic E-state index is -3.47. The van der Waals surface area contributed by atoms with Gasteiger partial charge in [-0.3, -0.25) is 0 Å². The van der Waals surface area contributed by atoms with Crippen LogP contribution in [0, 0.1) is 19.8 Å². The standard InChI is InChI=1S/C12H21N3O3S/c1-9-12(10(2)18-14-9)19(16,17)15-7-4-11(3-6-13)5-8-15/h11H,3-8,13H2,1-2H3. The molecule has 0 atom stereocenters. The average Bonchev–Trinajstić information content (AvgIpc) is 2.70. The van der Waals surface area contributed by atoms with Crippen LogP contribution in [0.1, 0.15) is 30.7 Å². The summed E-state index contributed by atoms with van der Waals surface area (Å²) in [4.78, 5) is 0.227. The van der Waals surface area contributed by atoms with E-state index in [2.05, 4.69) is 5.16 Å². The molecule has 0 spiro atoms. The Morgan fingerprint density at radius 1 is 1.37 bits per heavy atom. The summed E-state index contributed by atoms with van der Waals surface area (Å²) in [5, 5.41) is 3.72. The first-order valence-electron chi connectivity index (χ1n) is 6.60. The van der Waals surface area contributed by atoms with Crippen molar-refractivity contribution in [1.29, 1.82) is 0 Å². The monoisotopic (exact) mass is 287 g/mol. The Balaban J connectivity index is 2.15. The van der Waals surface area contributed by atoms with Gasteiger partial charge in [0.15, 0.2) is 5.76 Å². The van der Waals surface area contributed by atoms with Gasteiger partial charge < -0.3 is 10.3 Å². The molecule has 1 aliphatic rings. The molecule has 0 bridgehead atoms. The topological polar surface area (TPSA) is 89.4 Å². The van der Waals surface area contributed by atoms with Gasteiger partial charge in [0.1, 0.15) is 10.6 Å². The molecule has 0 unspecified atom stereocenters. The third-order valence-corrected chi connectivity index (χ3v) is 5.86. The van der Waals surface area contributed by atoms with Gasteiger partial charge in [-0.05, 0) is 45.6 Å². The van der Waals surface area contributed by atoms with E-state index in [9.17, 15) is 8.42 Å². The molecule has 0 aliphatic carbocycles. The Bertz CT molecular complexity index is 511. The molecule has 0 saturated carbocycles. The van der Waals surface area contributed by atoms with Gasteiger partial charge in [0.05, 0.1) is 0 Å². The van der Waals surface area contributed by atoms with E-state index < -0.39 is 10.0 Å². The Morgan fingerprint density at radius 2 is 2.00 bits per heavy atom. The first kappa shape index (κ1) is 14.5. The summed E-state index contributed by atoms with van der Waals surface area (Å²) >= 11 is 0. The van der Waals surface area contributed by atoms with Crippen molar-refractivity contribution >= 4 is 10.0 Å². The molecule has 7 heteroatoms. The second-order valence-corrected chi connectivity index (χ2v) is 6.95. The molecular formula is C12H21N3O3S. The molecule has 1 fully saturated rings. The summed E-state index contributed by atoms with van der Waals surface area (Å²) in [6.07, 6.45) is 2.72. The van der Waals surface area contributed by atoms with E-state index in [1.807, 2.05) is 0 Å². The van der Waals surface area contributed by atoms with E-state index in [0.29, 0.717) is 37.0 Å². The van der Waals surface area contributed by atoms with Crippen LogP contribution in [0.4, 0.5) is 0 Å². The molecule has 108 valence electrons. The molecule has 0 amide bonds. The molecule has 1 saturated heterocycles. The molecule has 0 radical (unpaired) electrons. The van der Waals surface area contributed by atoms with Gasteiger partial charge in [-0.2, -0.15) is 4.31 Å². The Kier molecular flexibility index (Phi) is 4.27. The van der Waals surface area contributed by atoms with E-state index in [4.69, 9.17) is 10.3 Å². The lowest BCUT2D eigenvalue weighted by molar-refractivity contribution is 0.265. The second kappa shape index (κ2) is 5.60. The highest BCUT2D eigenvalue weighted by molar-refractivity contribution is 7.89. The summed E-state index contributed by atoms with van der Waals surface area (Å²) in [5.41, 5.74) is 5.98. The molecule has 2 rings (SSSR count). The summed E-state index contributed by atoms with van der Waals surface area (Å²) in [7, 11) is -3.47. The van der Waals surface area contributed by atoms with Crippen LogP contribution < -0.4 is 5.73 Å². The number of hydrogen-bond acceptors (Lipinski definition) is 5. The van der Waals surface area contributed by atoms with Crippen molar-refractivity contribution in [2.75, 3.05) is 19.6 Å². The minimum Gasteiger partial charge on any atom is -0.360 e. The summed E-state index contributed by atoms with van der Waals surface area (Å²) in [6, 6.07) is 0. The Hall–Kier alpha value is -0.920. The summed E-state index contributed by atoms with van der Waals surface area (Å²) in [5.74, 6) is 0.905. The van der Waals surface area contributed by atoms with Gasteiger partial charge in [0.25, 0.3) is 0 Å². The van der Waals surface area contributed by atoms with Gasteiger partial charge in [-0.25, -0.2) is 8.42 Å². The van der Waals surface area contributed by atoms with Crippen molar-refractivity contribution in [3.05, 3.63) is 11.5 Å². The van der Waals surface area contributed by atoms with E-state index in [1.54, 1.807) is 13.8 Å². The second-order valence-electron chi connectivity index (χ2n) is 5.08. The molecule has 0 aromatic carbocycles. The van der Waals surface area contributed by atoms with Gasteiger partial charge in [-0.15, -0.1) is 0 Å². The lowest BCUT2D eigenvalue weighted by Gasteiger charge is -2.30. The zero-order chi connectivity index (χ0) is 14.0.